The number of H-pyrrole nitrogens is 1. The molecule has 10 nitrogen and oxygen atoms in total. The van der Waals surface area contributed by atoms with Crippen LogP contribution in [0.4, 0.5) is 5.95 Å². The summed E-state index contributed by atoms with van der Waals surface area (Å²) in [5.41, 5.74) is 5.09. The number of anilines is 1. The maximum Gasteiger partial charge on any atom is 0.262 e. The molecule has 1 aliphatic heterocycles. The number of nitrogens with zero attached hydrogens (tertiary/aromatic N) is 2. The summed E-state index contributed by atoms with van der Waals surface area (Å²) in [6.07, 6.45) is 0.0825. The van der Waals surface area contributed by atoms with Crippen LogP contribution in [-0.2, 0) is 18.6 Å². The highest BCUT2D eigenvalue weighted by molar-refractivity contribution is 14.1. The number of ether oxygens (including phenoxy) is 2. The Hall–Kier alpha value is -0.980. The van der Waals surface area contributed by atoms with E-state index in [1.54, 1.807) is 24.6 Å². The summed E-state index contributed by atoms with van der Waals surface area (Å²) in [6.45, 7) is 7.09. The second-order valence-electron chi connectivity index (χ2n) is 7.56. The normalized spacial score (nSPS) is 24.6. The number of hydrogen-bond donors (Lipinski definition) is 2. The van der Waals surface area contributed by atoms with E-state index in [2.05, 4.69) is 9.97 Å². The van der Waals surface area contributed by atoms with Crippen molar-refractivity contribution in [1.29, 1.82) is 0 Å². The number of rotatable bonds is 7. The Morgan fingerprint density at radius 1 is 1.48 bits per heavy atom. The molecule has 2 aromatic heterocycles. The van der Waals surface area contributed by atoms with Gasteiger partial charge in [-0.1, -0.05) is 13.8 Å². The van der Waals surface area contributed by atoms with Gasteiger partial charge in [-0.3, -0.25) is 9.78 Å². The van der Waals surface area contributed by atoms with Crippen LogP contribution in [0.3, 0.4) is 0 Å². The Morgan fingerprint density at radius 2 is 2.17 bits per heavy atom. The standard InChI is InChI=1S/C17H26IN4O6P/c1-8(2)26-7-12-11(28-29(24,25)9(3)4)5-13(27-12)22-6-10(18)14-15(22)20-17(19)21-16(14)23/h6,8-9,11-13H,5,7H2,1-4H3,(H,24,25)(H3,19,20,21,23)/p-1/t11-,12-,13-/m1/s1. The third-order valence-corrected chi connectivity index (χ3v) is 7.30. The van der Waals surface area contributed by atoms with Crippen LogP contribution < -0.4 is 16.2 Å². The van der Waals surface area contributed by atoms with E-state index in [0.717, 1.165) is 0 Å². The molecule has 12 heteroatoms. The van der Waals surface area contributed by atoms with Gasteiger partial charge in [-0.05, 0) is 36.4 Å². The Bertz CT molecular complexity index is 990. The topological polar surface area (TPSA) is 145 Å². The summed E-state index contributed by atoms with van der Waals surface area (Å²) in [6, 6.07) is 0. The second kappa shape index (κ2) is 8.64. The van der Waals surface area contributed by atoms with Crippen LogP contribution in [0.25, 0.3) is 11.0 Å². The van der Waals surface area contributed by atoms with Gasteiger partial charge in [0.1, 0.15) is 19.9 Å². The number of nitrogens with one attached hydrogen (secondary N) is 1. The average molecular weight is 539 g/mol. The minimum absolute atomic E-state index is 0.00685. The summed E-state index contributed by atoms with van der Waals surface area (Å²) < 4.78 is 32.0. The lowest BCUT2D eigenvalue weighted by atomic mass is 10.2. The van der Waals surface area contributed by atoms with Crippen molar-refractivity contribution >= 4 is 47.2 Å². The van der Waals surface area contributed by atoms with E-state index in [4.69, 9.17) is 19.7 Å². The van der Waals surface area contributed by atoms with E-state index in [9.17, 15) is 14.3 Å². The number of aromatic amines is 1. The van der Waals surface area contributed by atoms with Crippen LogP contribution in [0, 0.1) is 3.57 Å². The molecule has 0 amide bonds. The molecule has 3 rings (SSSR count). The number of nitrogens with two attached hydrogens (primary N) is 1. The van der Waals surface area contributed by atoms with Gasteiger partial charge >= 0.3 is 0 Å². The third kappa shape index (κ3) is 4.86. The van der Waals surface area contributed by atoms with Crippen molar-refractivity contribution in [3.8, 4) is 0 Å². The Labute approximate surface area is 181 Å². The van der Waals surface area contributed by atoms with E-state index in [0.29, 0.717) is 14.6 Å². The molecular formula is C17H25IN4O6P-. The highest BCUT2D eigenvalue weighted by Crippen LogP contribution is 2.48. The molecule has 1 saturated heterocycles. The van der Waals surface area contributed by atoms with Crippen molar-refractivity contribution in [3.05, 3.63) is 20.1 Å². The van der Waals surface area contributed by atoms with Crippen molar-refractivity contribution in [3.63, 3.8) is 0 Å². The van der Waals surface area contributed by atoms with Gasteiger partial charge in [0.15, 0.2) is 5.65 Å². The molecule has 1 fully saturated rings. The Morgan fingerprint density at radius 3 is 2.79 bits per heavy atom. The lowest BCUT2D eigenvalue weighted by molar-refractivity contribution is -0.207. The number of nitrogen functional groups attached to an aromatic ring is 1. The van der Waals surface area contributed by atoms with Crippen LogP contribution >= 0.6 is 30.2 Å². The lowest BCUT2D eigenvalue weighted by Gasteiger charge is -2.31. The van der Waals surface area contributed by atoms with E-state index in [1.807, 2.05) is 36.4 Å². The van der Waals surface area contributed by atoms with Gasteiger partial charge in [-0.2, -0.15) is 4.98 Å². The van der Waals surface area contributed by atoms with Gasteiger partial charge in [0, 0.05) is 21.8 Å². The first-order chi connectivity index (χ1) is 13.5. The minimum Gasteiger partial charge on any atom is -0.778 e. The van der Waals surface area contributed by atoms with E-state index in [1.165, 1.54) is 0 Å². The van der Waals surface area contributed by atoms with Crippen molar-refractivity contribution < 1.29 is 23.5 Å². The Kier molecular flexibility index (Phi) is 6.76. The van der Waals surface area contributed by atoms with Gasteiger partial charge in [0.25, 0.3) is 5.56 Å². The molecule has 2 aromatic rings. The Balaban J connectivity index is 1.94. The van der Waals surface area contributed by atoms with Crippen molar-refractivity contribution in [1.82, 2.24) is 14.5 Å². The first-order valence-corrected chi connectivity index (χ1v) is 12.0. The van der Waals surface area contributed by atoms with Gasteiger partial charge in [-0.25, -0.2) is 0 Å². The molecule has 1 aliphatic rings. The third-order valence-electron chi connectivity index (χ3n) is 4.65. The van der Waals surface area contributed by atoms with Crippen LogP contribution in [0.15, 0.2) is 11.0 Å². The molecule has 3 N–H and O–H groups in total. The maximum atomic E-state index is 12.3. The number of halogens is 1. The van der Waals surface area contributed by atoms with Crippen LogP contribution in [0.2, 0.25) is 0 Å². The zero-order valence-electron chi connectivity index (χ0n) is 16.6. The van der Waals surface area contributed by atoms with Crippen LogP contribution in [0.1, 0.15) is 40.3 Å². The summed E-state index contributed by atoms with van der Waals surface area (Å²) in [5.74, 6) is -0.00685. The maximum absolute atomic E-state index is 12.3. The number of aromatic nitrogens is 3. The SMILES string of the molecule is CC(C)OC[C@H]1O[C@@H](n2cc(I)c3c(=O)[nH]c(N)nc32)C[C@H]1OP(=O)([O-])C(C)C. The van der Waals surface area contributed by atoms with Crippen LogP contribution in [-0.4, -0.2) is 45.1 Å². The molecule has 162 valence electrons. The highest BCUT2D eigenvalue weighted by Gasteiger charge is 2.40. The quantitative estimate of drug-likeness (QED) is 0.402. The zero-order chi connectivity index (χ0) is 21.5. The predicted molar refractivity (Wildman–Crippen MR) is 115 cm³/mol. The molecule has 0 saturated carbocycles. The summed E-state index contributed by atoms with van der Waals surface area (Å²) in [7, 11) is -4.06. The predicted octanol–water partition coefficient (Wildman–Crippen LogP) is 1.97. The smallest absolute Gasteiger partial charge is 0.262 e. The van der Waals surface area contributed by atoms with Crippen molar-refractivity contribution in [2.24, 2.45) is 0 Å². The molecule has 1 unspecified atom stereocenters. The molecule has 0 aliphatic carbocycles. The number of fused-ring (bicyclic) bond motifs is 1. The monoisotopic (exact) mass is 539 g/mol. The summed E-state index contributed by atoms with van der Waals surface area (Å²) in [5, 5.41) is 0.402. The highest BCUT2D eigenvalue weighted by atomic mass is 127. The molecular weight excluding hydrogens is 514 g/mol. The van der Waals surface area contributed by atoms with E-state index >= 15 is 0 Å². The van der Waals surface area contributed by atoms with E-state index in [-0.39, 0.29) is 30.6 Å². The van der Waals surface area contributed by atoms with Crippen molar-refractivity contribution in [2.75, 3.05) is 12.3 Å². The van der Waals surface area contributed by atoms with Gasteiger partial charge < -0.3 is 33.8 Å². The van der Waals surface area contributed by atoms with Crippen LogP contribution in [0.5, 0.6) is 0 Å². The number of hydrogen-bond acceptors (Lipinski definition) is 8. The fourth-order valence-corrected chi connectivity index (χ4v) is 4.71. The molecule has 4 atom stereocenters. The largest absolute Gasteiger partial charge is 0.778 e. The molecule has 0 aromatic carbocycles. The lowest BCUT2D eigenvalue weighted by Crippen LogP contribution is -2.32. The molecule has 0 radical (unpaired) electrons. The first kappa shape index (κ1) is 22.7. The zero-order valence-corrected chi connectivity index (χ0v) is 19.7. The molecule has 3 heterocycles. The van der Waals surface area contributed by atoms with Gasteiger partial charge in [0.2, 0.25) is 5.95 Å². The average Bonchev–Trinajstić information content (AvgIpc) is 3.13. The minimum atomic E-state index is -4.06. The van der Waals surface area contributed by atoms with E-state index < -0.39 is 31.7 Å². The fourth-order valence-electron chi connectivity index (χ4n) is 3.08. The molecule has 0 spiro atoms. The molecule has 0 bridgehead atoms. The summed E-state index contributed by atoms with van der Waals surface area (Å²) >= 11 is 2.04. The molecule has 29 heavy (non-hydrogen) atoms. The fraction of sp³-hybridized carbons (Fsp3) is 0.647. The van der Waals surface area contributed by atoms with Gasteiger partial charge in [0.05, 0.1) is 24.2 Å². The van der Waals surface area contributed by atoms with Gasteiger partial charge in [-0.15, -0.1) is 0 Å². The second-order valence-corrected chi connectivity index (χ2v) is 11.0. The van der Waals surface area contributed by atoms with Crippen molar-refractivity contribution in [2.45, 2.75) is 64.3 Å². The summed E-state index contributed by atoms with van der Waals surface area (Å²) in [4.78, 5) is 31.3. The first-order valence-electron chi connectivity index (χ1n) is 9.31.